The molecule has 0 bridgehead atoms. The Morgan fingerprint density at radius 3 is 1.88 bits per heavy atom. The molecule has 1 heterocycles. The van der Waals surface area contributed by atoms with E-state index in [0.717, 1.165) is 0 Å². The number of hydrogen-bond donors (Lipinski definition) is 0. The molecule has 3 heteroatoms. The van der Waals surface area contributed by atoms with E-state index < -0.39 is 0 Å². The average molecular weight is 341 g/mol. The highest BCUT2D eigenvalue weighted by molar-refractivity contribution is 5.79. The van der Waals surface area contributed by atoms with Gasteiger partial charge in [-0.25, -0.2) is 4.79 Å². The first-order valence-electron chi connectivity index (χ1n) is 8.98. The van der Waals surface area contributed by atoms with Crippen molar-refractivity contribution >= 4 is 6.09 Å². The van der Waals surface area contributed by atoms with Gasteiger partial charge in [0.15, 0.2) is 0 Å². The molecule has 0 atom stereocenters. The van der Waals surface area contributed by atoms with Crippen molar-refractivity contribution in [1.29, 1.82) is 0 Å². The molecule has 3 nitrogen and oxygen atoms in total. The standard InChI is InChI=1S/C23H19NO2/c25-23(24-13-16-7-1-2-8-17(16)14-24)26-15-22-20-11-5-3-9-18(20)19-10-4-6-12-21(19)22/h1-12,22H,13-15H2. The maximum atomic E-state index is 12.6. The van der Waals surface area contributed by atoms with Crippen molar-refractivity contribution < 1.29 is 9.53 Å². The van der Waals surface area contributed by atoms with Crippen LogP contribution in [0.1, 0.15) is 28.2 Å². The lowest BCUT2D eigenvalue weighted by atomic mass is 9.98. The van der Waals surface area contributed by atoms with Crippen molar-refractivity contribution in [3.63, 3.8) is 0 Å². The van der Waals surface area contributed by atoms with Crippen LogP contribution in [0.4, 0.5) is 4.79 Å². The minimum Gasteiger partial charge on any atom is -0.448 e. The molecule has 2 aliphatic rings. The van der Waals surface area contributed by atoms with Gasteiger partial charge in [-0.05, 0) is 33.4 Å². The van der Waals surface area contributed by atoms with Gasteiger partial charge in [-0.3, -0.25) is 4.90 Å². The van der Waals surface area contributed by atoms with E-state index in [1.807, 2.05) is 12.1 Å². The number of fused-ring (bicyclic) bond motifs is 4. The first-order valence-corrected chi connectivity index (χ1v) is 8.98. The molecular weight excluding hydrogens is 322 g/mol. The van der Waals surface area contributed by atoms with Crippen molar-refractivity contribution in [3.05, 3.63) is 95.1 Å². The van der Waals surface area contributed by atoms with Gasteiger partial charge in [0.05, 0.1) is 0 Å². The van der Waals surface area contributed by atoms with Crippen LogP contribution in [0.15, 0.2) is 72.8 Å². The molecule has 5 rings (SSSR count). The number of carbonyl (C=O) groups is 1. The summed E-state index contributed by atoms with van der Waals surface area (Å²) in [6.45, 7) is 1.64. The van der Waals surface area contributed by atoms with Gasteiger partial charge in [0.2, 0.25) is 0 Å². The molecule has 0 unspecified atom stereocenters. The Bertz CT molecular complexity index is 924. The lowest BCUT2D eigenvalue weighted by Gasteiger charge is -2.19. The van der Waals surface area contributed by atoms with Crippen LogP contribution in [0.25, 0.3) is 11.1 Å². The maximum Gasteiger partial charge on any atom is 0.410 e. The van der Waals surface area contributed by atoms with Crippen LogP contribution in [0.2, 0.25) is 0 Å². The monoisotopic (exact) mass is 341 g/mol. The first kappa shape index (κ1) is 15.2. The molecule has 1 aliphatic carbocycles. The first-order chi connectivity index (χ1) is 12.8. The molecule has 128 valence electrons. The minimum atomic E-state index is -0.233. The van der Waals surface area contributed by atoms with Crippen molar-refractivity contribution in [1.82, 2.24) is 4.90 Å². The number of rotatable bonds is 2. The van der Waals surface area contributed by atoms with Gasteiger partial charge in [-0.15, -0.1) is 0 Å². The van der Waals surface area contributed by atoms with E-state index in [4.69, 9.17) is 4.74 Å². The molecular formula is C23H19NO2. The van der Waals surface area contributed by atoms with E-state index >= 15 is 0 Å². The van der Waals surface area contributed by atoms with Gasteiger partial charge in [0, 0.05) is 19.0 Å². The zero-order valence-corrected chi connectivity index (χ0v) is 14.4. The number of amides is 1. The maximum absolute atomic E-state index is 12.6. The van der Waals surface area contributed by atoms with Gasteiger partial charge in [-0.1, -0.05) is 72.8 Å². The molecule has 26 heavy (non-hydrogen) atoms. The van der Waals surface area contributed by atoms with Crippen molar-refractivity contribution in [3.8, 4) is 11.1 Å². The normalized spacial score (nSPS) is 14.7. The molecule has 1 amide bonds. The number of ether oxygens (including phenoxy) is 1. The smallest absolute Gasteiger partial charge is 0.410 e. The highest BCUT2D eigenvalue weighted by Gasteiger charge is 2.30. The second-order valence-electron chi connectivity index (χ2n) is 6.93. The third-order valence-electron chi connectivity index (χ3n) is 5.44. The number of nitrogens with zero attached hydrogens (tertiary/aromatic N) is 1. The number of hydrogen-bond acceptors (Lipinski definition) is 2. The lowest BCUT2D eigenvalue weighted by Crippen LogP contribution is -2.27. The van der Waals surface area contributed by atoms with Crippen LogP contribution < -0.4 is 0 Å². The van der Waals surface area contributed by atoms with E-state index in [1.54, 1.807) is 4.90 Å². The molecule has 0 N–H and O–H groups in total. The van der Waals surface area contributed by atoms with Gasteiger partial charge >= 0.3 is 6.09 Å². The highest BCUT2D eigenvalue weighted by atomic mass is 16.6. The molecule has 0 fully saturated rings. The highest BCUT2D eigenvalue weighted by Crippen LogP contribution is 2.44. The van der Waals surface area contributed by atoms with Gasteiger partial charge in [0.1, 0.15) is 6.61 Å². The van der Waals surface area contributed by atoms with Crippen LogP contribution in [0, 0.1) is 0 Å². The summed E-state index contributed by atoms with van der Waals surface area (Å²) in [6, 6.07) is 25.0. The molecule has 3 aromatic carbocycles. The SMILES string of the molecule is O=C(OCC1c2ccccc2-c2ccccc21)N1Cc2ccccc2C1. The average Bonchev–Trinajstić information content (AvgIpc) is 3.26. The third kappa shape index (κ3) is 2.39. The predicted molar refractivity (Wildman–Crippen MR) is 101 cm³/mol. The topological polar surface area (TPSA) is 29.5 Å². The molecule has 0 spiro atoms. The van der Waals surface area contributed by atoms with E-state index in [9.17, 15) is 4.79 Å². The fourth-order valence-electron chi connectivity index (χ4n) is 4.15. The Labute approximate surface area is 152 Å². The fraction of sp³-hybridized carbons (Fsp3) is 0.174. The summed E-state index contributed by atoms with van der Waals surface area (Å²) in [4.78, 5) is 14.4. The summed E-state index contributed by atoms with van der Waals surface area (Å²) in [5, 5.41) is 0. The molecule has 3 aromatic rings. The minimum absolute atomic E-state index is 0.108. The van der Waals surface area contributed by atoms with Crippen LogP contribution in [-0.2, 0) is 17.8 Å². The largest absolute Gasteiger partial charge is 0.448 e. The zero-order chi connectivity index (χ0) is 17.5. The quantitative estimate of drug-likeness (QED) is 0.660. The molecule has 1 aliphatic heterocycles. The van der Waals surface area contributed by atoms with Crippen LogP contribution in [-0.4, -0.2) is 17.6 Å². The van der Waals surface area contributed by atoms with Crippen LogP contribution >= 0.6 is 0 Å². The van der Waals surface area contributed by atoms with Gasteiger partial charge < -0.3 is 4.74 Å². The molecule has 0 radical (unpaired) electrons. The second kappa shape index (κ2) is 6.03. The van der Waals surface area contributed by atoms with E-state index in [1.165, 1.54) is 33.4 Å². The van der Waals surface area contributed by atoms with Gasteiger partial charge in [-0.2, -0.15) is 0 Å². The van der Waals surface area contributed by atoms with Crippen molar-refractivity contribution in [2.45, 2.75) is 19.0 Å². The lowest BCUT2D eigenvalue weighted by molar-refractivity contribution is 0.0990. The summed E-state index contributed by atoms with van der Waals surface area (Å²) in [5.41, 5.74) is 7.40. The summed E-state index contributed by atoms with van der Waals surface area (Å²) in [6.07, 6.45) is -0.233. The van der Waals surface area contributed by atoms with Crippen LogP contribution in [0.3, 0.4) is 0 Å². The number of carbonyl (C=O) groups excluding carboxylic acids is 1. The Morgan fingerprint density at radius 2 is 1.31 bits per heavy atom. The zero-order valence-electron chi connectivity index (χ0n) is 14.4. The molecule has 0 aromatic heterocycles. The summed E-state index contributed by atoms with van der Waals surface area (Å²) in [5.74, 6) is 0.108. The molecule has 0 saturated heterocycles. The second-order valence-corrected chi connectivity index (χ2v) is 6.93. The Hall–Kier alpha value is -3.07. The Balaban J connectivity index is 1.34. The third-order valence-corrected chi connectivity index (χ3v) is 5.44. The number of benzene rings is 3. The summed E-state index contributed by atoms with van der Waals surface area (Å²) >= 11 is 0. The van der Waals surface area contributed by atoms with Gasteiger partial charge in [0.25, 0.3) is 0 Å². The van der Waals surface area contributed by atoms with E-state index in [-0.39, 0.29) is 12.0 Å². The summed E-state index contributed by atoms with van der Waals surface area (Å²) < 4.78 is 5.74. The van der Waals surface area contributed by atoms with Crippen molar-refractivity contribution in [2.24, 2.45) is 0 Å². The van der Waals surface area contributed by atoms with Crippen LogP contribution in [0.5, 0.6) is 0 Å². The molecule has 0 saturated carbocycles. The van der Waals surface area contributed by atoms with Crippen molar-refractivity contribution in [2.75, 3.05) is 6.61 Å². The van der Waals surface area contributed by atoms with E-state index in [2.05, 4.69) is 60.7 Å². The summed E-state index contributed by atoms with van der Waals surface area (Å²) in [7, 11) is 0. The Kier molecular flexibility index (Phi) is 3.52. The van der Waals surface area contributed by atoms with E-state index in [0.29, 0.717) is 19.7 Å². The fourth-order valence-corrected chi connectivity index (χ4v) is 4.15. The Morgan fingerprint density at radius 1 is 0.808 bits per heavy atom. The predicted octanol–water partition coefficient (Wildman–Crippen LogP) is 4.95.